The van der Waals surface area contributed by atoms with Gasteiger partial charge in [0.1, 0.15) is 5.82 Å². The highest BCUT2D eigenvalue weighted by Gasteiger charge is 2.23. The van der Waals surface area contributed by atoms with E-state index in [9.17, 15) is 0 Å². The van der Waals surface area contributed by atoms with Gasteiger partial charge in [0.05, 0.1) is 6.61 Å². The van der Waals surface area contributed by atoms with Crippen molar-refractivity contribution in [3.05, 3.63) is 18.2 Å². The number of nitrogens with one attached hydrogen (secondary N) is 1. The minimum absolute atomic E-state index is 0.647. The maximum Gasteiger partial charge on any atom is 0.215 e. The number of hydrogen-bond acceptors (Lipinski definition) is 4. The Labute approximate surface area is 115 Å². The summed E-state index contributed by atoms with van der Waals surface area (Å²) < 4.78 is 5.41. The van der Waals surface area contributed by atoms with Gasteiger partial charge < -0.3 is 15.8 Å². The van der Waals surface area contributed by atoms with Gasteiger partial charge in [-0.2, -0.15) is 4.98 Å². The van der Waals surface area contributed by atoms with Crippen LogP contribution in [-0.4, -0.2) is 24.7 Å². The zero-order valence-corrected chi connectivity index (χ0v) is 11.8. The molecule has 0 bridgehead atoms. The van der Waals surface area contributed by atoms with Crippen molar-refractivity contribution in [2.24, 2.45) is 17.6 Å². The molecule has 0 saturated heterocycles. The van der Waals surface area contributed by atoms with Gasteiger partial charge in [-0.1, -0.05) is 18.9 Å². The SMILES string of the molecule is CCOc1cccc(NCC2CCCCC2CN)n1. The lowest BCUT2D eigenvalue weighted by Gasteiger charge is -2.30. The summed E-state index contributed by atoms with van der Waals surface area (Å²) in [7, 11) is 0. The Balaban J connectivity index is 1.88. The van der Waals surface area contributed by atoms with E-state index in [1.807, 2.05) is 25.1 Å². The van der Waals surface area contributed by atoms with Crippen LogP contribution in [0.3, 0.4) is 0 Å². The lowest BCUT2D eigenvalue weighted by atomic mass is 9.79. The van der Waals surface area contributed by atoms with E-state index in [0.29, 0.717) is 24.3 Å². The Morgan fingerprint density at radius 1 is 1.32 bits per heavy atom. The Morgan fingerprint density at radius 3 is 2.84 bits per heavy atom. The Bertz CT molecular complexity index is 383. The molecule has 0 aromatic carbocycles. The summed E-state index contributed by atoms with van der Waals surface area (Å²) in [6, 6.07) is 5.85. The number of pyridine rings is 1. The number of anilines is 1. The van der Waals surface area contributed by atoms with Crippen LogP contribution in [0, 0.1) is 11.8 Å². The fraction of sp³-hybridized carbons (Fsp3) is 0.667. The van der Waals surface area contributed by atoms with Gasteiger partial charge in [0.2, 0.25) is 5.88 Å². The van der Waals surface area contributed by atoms with Crippen LogP contribution in [0.15, 0.2) is 18.2 Å². The van der Waals surface area contributed by atoms with E-state index in [4.69, 9.17) is 10.5 Å². The second kappa shape index (κ2) is 7.34. The minimum atomic E-state index is 0.647. The standard InChI is InChI=1S/C15H25N3O/c1-2-19-15-9-5-8-14(18-15)17-11-13-7-4-3-6-12(13)10-16/h5,8-9,12-13H,2-4,6-7,10-11,16H2,1H3,(H,17,18). The normalized spacial score (nSPS) is 23.1. The highest BCUT2D eigenvalue weighted by molar-refractivity contribution is 5.37. The van der Waals surface area contributed by atoms with E-state index >= 15 is 0 Å². The quantitative estimate of drug-likeness (QED) is 0.828. The molecule has 1 aliphatic rings. The van der Waals surface area contributed by atoms with Gasteiger partial charge in [0, 0.05) is 12.6 Å². The molecule has 19 heavy (non-hydrogen) atoms. The number of ether oxygens (including phenoxy) is 1. The molecule has 106 valence electrons. The molecule has 1 aromatic rings. The summed E-state index contributed by atoms with van der Waals surface area (Å²) in [5.74, 6) is 2.92. The third-order valence-electron chi connectivity index (χ3n) is 3.93. The first kappa shape index (κ1) is 14.1. The second-order valence-electron chi connectivity index (χ2n) is 5.22. The van der Waals surface area contributed by atoms with E-state index < -0.39 is 0 Å². The average Bonchev–Trinajstić information content (AvgIpc) is 2.46. The van der Waals surface area contributed by atoms with Crippen molar-refractivity contribution in [2.75, 3.05) is 25.0 Å². The molecule has 2 rings (SSSR count). The number of nitrogens with two attached hydrogens (primary N) is 1. The molecule has 2 atom stereocenters. The molecular weight excluding hydrogens is 238 g/mol. The molecule has 1 heterocycles. The molecule has 1 saturated carbocycles. The number of nitrogens with zero attached hydrogens (tertiary/aromatic N) is 1. The van der Waals surface area contributed by atoms with E-state index in [1.54, 1.807) is 0 Å². The van der Waals surface area contributed by atoms with Crippen molar-refractivity contribution in [2.45, 2.75) is 32.6 Å². The molecule has 0 amide bonds. The van der Waals surface area contributed by atoms with E-state index in [-0.39, 0.29) is 0 Å². The summed E-state index contributed by atoms with van der Waals surface area (Å²) in [6.07, 6.45) is 5.21. The molecule has 0 spiro atoms. The van der Waals surface area contributed by atoms with Crippen LogP contribution in [0.4, 0.5) is 5.82 Å². The minimum Gasteiger partial charge on any atom is -0.478 e. The van der Waals surface area contributed by atoms with Crippen molar-refractivity contribution in [1.29, 1.82) is 0 Å². The summed E-state index contributed by atoms with van der Waals surface area (Å²) in [4.78, 5) is 4.43. The van der Waals surface area contributed by atoms with Crippen molar-refractivity contribution in [3.63, 3.8) is 0 Å². The van der Waals surface area contributed by atoms with Crippen LogP contribution in [0.25, 0.3) is 0 Å². The Kier molecular flexibility index (Phi) is 5.45. The number of hydrogen-bond donors (Lipinski definition) is 2. The smallest absolute Gasteiger partial charge is 0.215 e. The molecule has 1 fully saturated rings. The molecule has 2 unspecified atom stereocenters. The van der Waals surface area contributed by atoms with Gasteiger partial charge in [-0.15, -0.1) is 0 Å². The van der Waals surface area contributed by atoms with E-state index in [2.05, 4.69) is 10.3 Å². The van der Waals surface area contributed by atoms with Crippen LogP contribution in [0.1, 0.15) is 32.6 Å². The molecule has 3 N–H and O–H groups in total. The molecule has 0 radical (unpaired) electrons. The fourth-order valence-electron chi connectivity index (χ4n) is 2.84. The van der Waals surface area contributed by atoms with Crippen molar-refractivity contribution in [3.8, 4) is 5.88 Å². The van der Waals surface area contributed by atoms with Crippen molar-refractivity contribution < 1.29 is 4.74 Å². The maximum atomic E-state index is 5.86. The topological polar surface area (TPSA) is 60.2 Å². The third kappa shape index (κ3) is 4.10. The summed E-state index contributed by atoms with van der Waals surface area (Å²) >= 11 is 0. The van der Waals surface area contributed by atoms with Crippen molar-refractivity contribution in [1.82, 2.24) is 4.98 Å². The first-order valence-electron chi connectivity index (χ1n) is 7.37. The zero-order chi connectivity index (χ0) is 13.5. The van der Waals surface area contributed by atoms with Gasteiger partial charge in [-0.05, 0) is 44.2 Å². The third-order valence-corrected chi connectivity index (χ3v) is 3.93. The lowest BCUT2D eigenvalue weighted by Crippen LogP contribution is -2.31. The summed E-state index contributed by atoms with van der Waals surface area (Å²) in [5.41, 5.74) is 5.86. The average molecular weight is 263 g/mol. The highest BCUT2D eigenvalue weighted by Crippen LogP contribution is 2.29. The van der Waals surface area contributed by atoms with Gasteiger partial charge in [0.25, 0.3) is 0 Å². The predicted molar refractivity (Wildman–Crippen MR) is 78.4 cm³/mol. The number of rotatable bonds is 6. The van der Waals surface area contributed by atoms with Crippen molar-refractivity contribution >= 4 is 5.82 Å². The summed E-state index contributed by atoms with van der Waals surface area (Å²) in [5, 5.41) is 3.43. The predicted octanol–water partition coefficient (Wildman–Crippen LogP) is 2.66. The zero-order valence-electron chi connectivity index (χ0n) is 11.8. The van der Waals surface area contributed by atoms with Gasteiger partial charge in [0.15, 0.2) is 0 Å². The van der Waals surface area contributed by atoms with Gasteiger partial charge in [-0.25, -0.2) is 0 Å². The van der Waals surface area contributed by atoms with Crippen LogP contribution in [-0.2, 0) is 0 Å². The van der Waals surface area contributed by atoms with Gasteiger partial charge in [-0.3, -0.25) is 0 Å². The molecular formula is C15H25N3O. The largest absolute Gasteiger partial charge is 0.478 e. The monoisotopic (exact) mass is 263 g/mol. The van der Waals surface area contributed by atoms with E-state index in [1.165, 1.54) is 25.7 Å². The molecule has 0 aliphatic heterocycles. The number of aromatic nitrogens is 1. The maximum absolute atomic E-state index is 5.86. The Hall–Kier alpha value is -1.29. The molecule has 1 aliphatic carbocycles. The molecule has 4 nitrogen and oxygen atoms in total. The van der Waals surface area contributed by atoms with Gasteiger partial charge >= 0.3 is 0 Å². The van der Waals surface area contributed by atoms with E-state index in [0.717, 1.165) is 18.9 Å². The highest BCUT2D eigenvalue weighted by atomic mass is 16.5. The van der Waals surface area contributed by atoms with Crippen LogP contribution < -0.4 is 15.8 Å². The second-order valence-corrected chi connectivity index (χ2v) is 5.22. The van der Waals surface area contributed by atoms with Crippen LogP contribution in [0.5, 0.6) is 5.88 Å². The first-order valence-corrected chi connectivity index (χ1v) is 7.37. The fourth-order valence-corrected chi connectivity index (χ4v) is 2.84. The Morgan fingerprint density at radius 2 is 2.11 bits per heavy atom. The first-order chi connectivity index (χ1) is 9.33. The van der Waals surface area contributed by atoms with Crippen LogP contribution in [0.2, 0.25) is 0 Å². The van der Waals surface area contributed by atoms with Crippen LogP contribution >= 0.6 is 0 Å². The molecule has 4 heteroatoms. The lowest BCUT2D eigenvalue weighted by molar-refractivity contribution is 0.255. The summed E-state index contributed by atoms with van der Waals surface area (Å²) in [6.45, 7) is 4.38. The molecule has 1 aromatic heterocycles.